The van der Waals surface area contributed by atoms with E-state index in [0.29, 0.717) is 17.3 Å². The van der Waals surface area contributed by atoms with Gasteiger partial charge in [0, 0.05) is 22.3 Å². The van der Waals surface area contributed by atoms with Crippen LogP contribution in [0.3, 0.4) is 0 Å². The molecule has 2 aromatic heterocycles. The molecule has 0 fully saturated rings. The van der Waals surface area contributed by atoms with Crippen LogP contribution >= 0.6 is 15.9 Å². The van der Waals surface area contributed by atoms with Crippen LogP contribution in [0.5, 0.6) is 0 Å². The Hall–Kier alpha value is -3.20. The van der Waals surface area contributed by atoms with Gasteiger partial charge in [-0.1, -0.05) is 18.2 Å². The molecule has 3 rings (SSSR count). The fourth-order valence-electron chi connectivity index (χ4n) is 3.04. The molecule has 168 valence electrons. The first-order valence-corrected chi connectivity index (χ1v) is 10.9. The summed E-state index contributed by atoms with van der Waals surface area (Å²) >= 11 is 3.39. The van der Waals surface area contributed by atoms with Crippen LogP contribution in [0.15, 0.2) is 58.4 Å². The number of benzene rings is 1. The molecule has 2 heterocycles. The molecule has 1 amide bonds. The highest BCUT2D eigenvalue weighted by Crippen LogP contribution is 2.16. The summed E-state index contributed by atoms with van der Waals surface area (Å²) in [5, 5.41) is 5.19. The van der Waals surface area contributed by atoms with Crippen molar-refractivity contribution in [2.75, 3.05) is 6.61 Å². The third-order valence-corrected chi connectivity index (χ3v) is 4.75. The molecule has 0 spiro atoms. The van der Waals surface area contributed by atoms with Crippen LogP contribution in [0.25, 0.3) is 10.9 Å². The Bertz CT molecular complexity index is 1200. The SMILES string of the molecule is CCOC(=O)c1cn(Cc2ccc(Br)cn2)c2ccccc2/c1=N\NC(=O)OC(C)(C)C. The average molecular weight is 501 g/mol. The minimum absolute atomic E-state index is 0.207. The van der Waals surface area contributed by atoms with Gasteiger partial charge in [0.15, 0.2) is 0 Å². The number of aromatic nitrogens is 2. The smallest absolute Gasteiger partial charge is 0.428 e. The van der Waals surface area contributed by atoms with E-state index in [9.17, 15) is 9.59 Å². The molecule has 0 radical (unpaired) electrons. The number of ether oxygens (including phenoxy) is 2. The van der Waals surface area contributed by atoms with Crippen molar-refractivity contribution in [3.63, 3.8) is 0 Å². The molecule has 0 unspecified atom stereocenters. The maximum Gasteiger partial charge on any atom is 0.428 e. The molecule has 0 aliphatic rings. The van der Waals surface area contributed by atoms with Crippen molar-refractivity contribution in [2.24, 2.45) is 5.10 Å². The van der Waals surface area contributed by atoms with Crippen LogP contribution in [0.2, 0.25) is 0 Å². The van der Waals surface area contributed by atoms with Crippen molar-refractivity contribution in [1.82, 2.24) is 15.0 Å². The first-order chi connectivity index (χ1) is 15.2. The van der Waals surface area contributed by atoms with E-state index >= 15 is 0 Å². The van der Waals surface area contributed by atoms with Crippen LogP contribution in [0.1, 0.15) is 43.7 Å². The van der Waals surface area contributed by atoms with E-state index in [1.54, 1.807) is 40.1 Å². The summed E-state index contributed by atoms with van der Waals surface area (Å²) in [5.74, 6) is -0.541. The van der Waals surface area contributed by atoms with Gasteiger partial charge in [0.2, 0.25) is 0 Å². The number of para-hydroxylation sites is 1. The Kier molecular flexibility index (Phi) is 7.29. The third-order valence-electron chi connectivity index (χ3n) is 4.28. The third kappa shape index (κ3) is 5.94. The Morgan fingerprint density at radius 3 is 2.59 bits per heavy atom. The van der Waals surface area contributed by atoms with E-state index in [1.807, 2.05) is 41.0 Å². The molecule has 3 aromatic rings. The van der Waals surface area contributed by atoms with Gasteiger partial charge in [-0.15, -0.1) is 0 Å². The number of hydrogen-bond donors (Lipinski definition) is 1. The molecule has 0 saturated carbocycles. The Morgan fingerprint density at radius 2 is 1.94 bits per heavy atom. The zero-order valence-electron chi connectivity index (χ0n) is 18.4. The van der Waals surface area contributed by atoms with Gasteiger partial charge >= 0.3 is 12.1 Å². The summed E-state index contributed by atoms with van der Waals surface area (Å²) in [6, 6.07) is 11.3. The zero-order valence-corrected chi connectivity index (χ0v) is 20.0. The molecule has 1 aromatic carbocycles. The number of amides is 1. The number of carbonyl (C=O) groups excluding carboxylic acids is 2. The van der Waals surface area contributed by atoms with Gasteiger partial charge in [0.25, 0.3) is 0 Å². The Morgan fingerprint density at radius 1 is 1.19 bits per heavy atom. The number of nitrogens with zero attached hydrogens (tertiary/aromatic N) is 3. The quantitative estimate of drug-likeness (QED) is 0.414. The molecule has 0 saturated heterocycles. The van der Waals surface area contributed by atoms with Crippen molar-refractivity contribution < 1.29 is 19.1 Å². The molecule has 32 heavy (non-hydrogen) atoms. The number of esters is 1. The number of pyridine rings is 2. The lowest BCUT2D eigenvalue weighted by molar-refractivity contribution is 0.0506. The van der Waals surface area contributed by atoms with E-state index < -0.39 is 17.7 Å². The summed E-state index contributed by atoms with van der Waals surface area (Å²) in [4.78, 5) is 29.3. The molecule has 1 N–H and O–H groups in total. The molecule has 0 atom stereocenters. The fourth-order valence-corrected chi connectivity index (χ4v) is 3.28. The van der Waals surface area contributed by atoms with Crippen LogP contribution in [0, 0.1) is 0 Å². The monoisotopic (exact) mass is 500 g/mol. The normalized spacial score (nSPS) is 12.0. The van der Waals surface area contributed by atoms with Crippen LogP contribution in [-0.2, 0) is 16.0 Å². The lowest BCUT2D eigenvalue weighted by atomic mass is 10.1. The molecule has 0 bridgehead atoms. The zero-order chi connectivity index (χ0) is 23.3. The van der Waals surface area contributed by atoms with Crippen molar-refractivity contribution in [2.45, 2.75) is 39.8 Å². The summed E-state index contributed by atoms with van der Waals surface area (Å²) in [6.07, 6.45) is 2.67. The number of rotatable bonds is 5. The van der Waals surface area contributed by atoms with Gasteiger partial charge in [-0.2, -0.15) is 5.10 Å². The molecule has 0 aliphatic heterocycles. The minimum atomic E-state index is -0.716. The number of carbonyl (C=O) groups is 2. The predicted molar refractivity (Wildman–Crippen MR) is 124 cm³/mol. The van der Waals surface area contributed by atoms with Gasteiger partial charge in [-0.05, 0) is 61.8 Å². The first kappa shape index (κ1) is 23.5. The average Bonchev–Trinajstić information content (AvgIpc) is 2.73. The van der Waals surface area contributed by atoms with E-state index in [0.717, 1.165) is 15.7 Å². The second kappa shape index (κ2) is 9.95. The van der Waals surface area contributed by atoms with E-state index in [-0.39, 0.29) is 12.2 Å². The van der Waals surface area contributed by atoms with Gasteiger partial charge in [0.1, 0.15) is 16.5 Å². The van der Waals surface area contributed by atoms with Crippen LogP contribution in [0.4, 0.5) is 4.79 Å². The number of fused-ring (bicyclic) bond motifs is 1. The van der Waals surface area contributed by atoms with E-state index in [1.165, 1.54) is 0 Å². The molecule has 9 heteroatoms. The van der Waals surface area contributed by atoms with Crippen LogP contribution in [-0.4, -0.2) is 33.8 Å². The van der Waals surface area contributed by atoms with Gasteiger partial charge in [0.05, 0.1) is 24.4 Å². The second-order valence-electron chi connectivity index (χ2n) is 7.95. The van der Waals surface area contributed by atoms with Crippen molar-refractivity contribution in [3.05, 3.63) is 69.9 Å². The van der Waals surface area contributed by atoms with Gasteiger partial charge in [-0.3, -0.25) is 4.98 Å². The van der Waals surface area contributed by atoms with E-state index in [4.69, 9.17) is 9.47 Å². The molecule has 0 aliphatic carbocycles. The topological polar surface area (TPSA) is 94.8 Å². The fraction of sp³-hybridized carbons (Fsp3) is 0.304. The summed E-state index contributed by atoms with van der Waals surface area (Å²) < 4.78 is 13.3. The van der Waals surface area contributed by atoms with Crippen molar-refractivity contribution in [3.8, 4) is 0 Å². The lowest BCUT2D eigenvalue weighted by Gasteiger charge is -2.18. The summed E-state index contributed by atoms with van der Waals surface area (Å²) in [5.41, 5.74) is 3.56. The summed E-state index contributed by atoms with van der Waals surface area (Å²) in [6.45, 7) is 7.64. The second-order valence-corrected chi connectivity index (χ2v) is 8.87. The number of hydrogen-bond acceptors (Lipinski definition) is 6. The standard InChI is InChI=1S/C23H25BrN4O4/c1-5-31-21(29)18-14-28(13-16-11-10-15(24)12-25-16)19-9-7-6-8-17(19)20(18)26-27-22(30)32-23(2,3)4/h6-12,14H,5,13H2,1-4H3,(H,27,30)/b26-20+. The molecule has 8 nitrogen and oxygen atoms in total. The van der Waals surface area contributed by atoms with Gasteiger partial charge in [-0.25, -0.2) is 15.0 Å². The Labute approximate surface area is 194 Å². The maximum atomic E-state index is 12.8. The largest absolute Gasteiger partial charge is 0.462 e. The molecular weight excluding hydrogens is 476 g/mol. The van der Waals surface area contributed by atoms with Crippen molar-refractivity contribution >= 4 is 38.9 Å². The highest BCUT2D eigenvalue weighted by molar-refractivity contribution is 9.10. The number of nitrogens with one attached hydrogen (secondary N) is 1. The number of halogens is 1. The van der Waals surface area contributed by atoms with E-state index in [2.05, 4.69) is 31.4 Å². The predicted octanol–water partition coefficient (Wildman–Crippen LogP) is 4.36. The lowest BCUT2D eigenvalue weighted by Crippen LogP contribution is -2.32. The highest BCUT2D eigenvalue weighted by Gasteiger charge is 2.18. The molecular formula is C23H25BrN4O4. The Balaban J connectivity index is 2.14. The maximum absolute atomic E-state index is 12.8. The van der Waals surface area contributed by atoms with Gasteiger partial charge < -0.3 is 14.0 Å². The summed E-state index contributed by atoms with van der Waals surface area (Å²) in [7, 11) is 0. The first-order valence-electron chi connectivity index (χ1n) is 10.1. The highest BCUT2D eigenvalue weighted by atomic mass is 79.9. The van der Waals surface area contributed by atoms with Crippen LogP contribution < -0.4 is 10.8 Å². The minimum Gasteiger partial charge on any atom is -0.462 e. The van der Waals surface area contributed by atoms with Crippen molar-refractivity contribution in [1.29, 1.82) is 0 Å².